The van der Waals surface area contributed by atoms with E-state index in [1.54, 1.807) is 0 Å². The van der Waals surface area contributed by atoms with Gasteiger partial charge in [0.1, 0.15) is 0 Å². The Balaban J connectivity index is 2.18. The Labute approximate surface area is 100 Å². The summed E-state index contributed by atoms with van der Waals surface area (Å²) in [6.45, 7) is 1.14. The van der Waals surface area contributed by atoms with Crippen molar-refractivity contribution in [3.8, 4) is 0 Å². The van der Waals surface area contributed by atoms with Gasteiger partial charge in [0.15, 0.2) is 5.11 Å². The fourth-order valence-electron chi connectivity index (χ4n) is 1.14. The van der Waals surface area contributed by atoms with E-state index in [4.69, 9.17) is 18.0 Å². The summed E-state index contributed by atoms with van der Waals surface area (Å²) < 4.78 is 0. The van der Waals surface area contributed by atoms with Gasteiger partial charge in [0.25, 0.3) is 0 Å². The van der Waals surface area contributed by atoms with Crippen LogP contribution in [0.1, 0.15) is 12.0 Å². The van der Waals surface area contributed by atoms with E-state index in [1.165, 1.54) is 0 Å². The zero-order chi connectivity index (χ0) is 11.8. The van der Waals surface area contributed by atoms with Gasteiger partial charge in [-0.1, -0.05) is 30.3 Å². The predicted molar refractivity (Wildman–Crippen MR) is 67.7 cm³/mol. The molecular formula is C11H15N3OS. The Kier molecular flexibility index (Phi) is 5.28. The molecule has 1 aromatic rings. The molecule has 0 fully saturated rings. The van der Waals surface area contributed by atoms with Crippen LogP contribution in [0, 0.1) is 0 Å². The van der Waals surface area contributed by atoms with Crippen LogP contribution in [-0.4, -0.2) is 17.6 Å². The highest BCUT2D eigenvalue weighted by molar-refractivity contribution is 7.80. The highest BCUT2D eigenvalue weighted by atomic mass is 32.1. The second-order valence-corrected chi connectivity index (χ2v) is 3.72. The second kappa shape index (κ2) is 6.79. The van der Waals surface area contributed by atoms with Gasteiger partial charge in [-0.05, 0) is 17.8 Å². The lowest BCUT2D eigenvalue weighted by molar-refractivity contribution is -0.117. The van der Waals surface area contributed by atoms with E-state index in [2.05, 4.69) is 10.6 Å². The van der Waals surface area contributed by atoms with Crippen molar-refractivity contribution in [3.05, 3.63) is 35.9 Å². The predicted octanol–water partition coefficient (Wildman–Crippen LogP) is 0.526. The molecule has 0 saturated carbocycles. The third-order valence-electron chi connectivity index (χ3n) is 1.95. The number of amides is 1. The number of carbonyl (C=O) groups excluding carboxylic acids is 1. The van der Waals surface area contributed by atoms with Crippen molar-refractivity contribution in [2.75, 3.05) is 6.54 Å². The minimum absolute atomic E-state index is 0.285. The Hall–Kier alpha value is -1.62. The smallest absolute Gasteiger partial charge is 0.219 e. The summed E-state index contributed by atoms with van der Waals surface area (Å²) in [5.74, 6) is -0.335. The number of benzene rings is 1. The van der Waals surface area contributed by atoms with Gasteiger partial charge in [0.2, 0.25) is 5.91 Å². The molecule has 0 aromatic heterocycles. The van der Waals surface area contributed by atoms with Gasteiger partial charge in [0.05, 0.1) is 0 Å². The number of primary amides is 1. The lowest BCUT2D eigenvalue weighted by atomic mass is 10.2. The summed E-state index contributed by atoms with van der Waals surface area (Å²) >= 11 is 5.03. The van der Waals surface area contributed by atoms with Crippen LogP contribution >= 0.6 is 12.2 Å². The first-order valence-corrected chi connectivity index (χ1v) is 5.43. The SMILES string of the molecule is NC(=O)CCNC(=S)NCc1ccccc1. The van der Waals surface area contributed by atoms with Crippen LogP contribution in [0.25, 0.3) is 0 Å². The van der Waals surface area contributed by atoms with Crippen LogP contribution < -0.4 is 16.4 Å². The van der Waals surface area contributed by atoms with Crippen LogP contribution in [0.15, 0.2) is 30.3 Å². The maximum absolute atomic E-state index is 10.5. The molecule has 0 spiro atoms. The number of hydrogen-bond donors (Lipinski definition) is 3. The lowest BCUT2D eigenvalue weighted by Crippen LogP contribution is -2.36. The van der Waals surface area contributed by atoms with Gasteiger partial charge < -0.3 is 16.4 Å². The van der Waals surface area contributed by atoms with E-state index in [0.29, 0.717) is 18.2 Å². The molecule has 1 rings (SSSR count). The van der Waals surface area contributed by atoms with Crippen LogP contribution in [0.2, 0.25) is 0 Å². The molecule has 0 heterocycles. The summed E-state index contributed by atoms with van der Waals surface area (Å²) in [4.78, 5) is 10.5. The van der Waals surface area contributed by atoms with Crippen LogP contribution in [0.5, 0.6) is 0 Å². The molecule has 0 atom stereocenters. The zero-order valence-corrected chi connectivity index (χ0v) is 9.72. The van der Waals surface area contributed by atoms with Gasteiger partial charge in [-0.25, -0.2) is 0 Å². The van der Waals surface area contributed by atoms with E-state index in [1.807, 2.05) is 30.3 Å². The van der Waals surface area contributed by atoms with Gasteiger partial charge in [-0.2, -0.15) is 0 Å². The molecule has 0 unspecified atom stereocenters. The van der Waals surface area contributed by atoms with Crippen molar-refractivity contribution in [1.82, 2.24) is 10.6 Å². The van der Waals surface area contributed by atoms with Gasteiger partial charge in [-0.15, -0.1) is 0 Å². The summed E-state index contributed by atoms with van der Waals surface area (Å²) in [5, 5.41) is 6.48. The largest absolute Gasteiger partial charge is 0.370 e. The standard InChI is InChI=1S/C11H15N3OS/c12-10(15)6-7-13-11(16)14-8-9-4-2-1-3-5-9/h1-5H,6-8H2,(H2,12,15)(H2,13,14,16). The van der Waals surface area contributed by atoms with Crippen molar-refractivity contribution >= 4 is 23.2 Å². The van der Waals surface area contributed by atoms with Gasteiger partial charge >= 0.3 is 0 Å². The van der Waals surface area contributed by atoms with E-state index in [9.17, 15) is 4.79 Å². The Bertz CT molecular complexity index is 354. The minimum Gasteiger partial charge on any atom is -0.370 e. The van der Waals surface area contributed by atoms with E-state index < -0.39 is 0 Å². The average molecular weight is 237 g/mol. The molecule has 0 aliphatic heterocycles. The first-order valence-electron chi connectivity index (χ1n) is 5.02. The fourth-order valence-corrected chi connectivity index (χ4v) is 1.31. The third-order valence-corrected chi connectivity index (χ3v) is 2.24. The molecule has 0 bridgehead atoms. The molecule has 5 heteroatoms. The normalized spacial score (nSPS) is 9.50. The van der Waals surface area contributed by atoms with Crippen molar-refractivity contribution in [1.29, 1.82) is 0 Å². The maximum Gasteiger partial charge on any atom is 0.219 e. The third kappa shape index (κ3) is 5.31. The zero-order valence-electron chi connectivity index (χ0n) is 8.90. The van der Waals surface area contributed by atoms with Crippen LogP contribution in [-0.2, 0) is 11.3 Å². The molecule has 1 amide bonds. The molecule has 0 saturated heterocycles. The Morgan fingerprint density at radius 3 is 2.56 bits per heavy atom. The Morgan fingerprint density at radius 1 is 1.25 bits per heavy atom. The number of carbonyl (C=O) groups is 1. The van der Waals surface area contributed by atoms with E-state index in [0.717, 1.165) is 5.56 Å². The monoisotopic (exact) mass is 237 g/mol. The summed E-state index contributed by atoms with van der Waals surface area (Å²) in [7, 11) is 0. The van der Waals surface area contributed by atoms with E-state index in [-0.39, 0.29) is 12.3 Å². The molecule has 86 valence electrons. The van der Waals surface area contributed by atoms with Crippen molar-refractivity contribution in [2.24, 2.45) is 5.73 Å². The van der Waals surface area contributed by atoms with Crippen LogP contribution in [0.3, 0.4) is 0 Å². The minimum atomic E-state index is -0.335. The molecule has 16 heavy (non-hydrogen) atoms. The summed E-state index contributed by atoms with van der Waals surface area (Å²) in [6.07, 6.45) is 0.285. The van der Waals surface area contributed by atoms with Gasteiger partial charge in [-0.3, -0.25) is 4.79 Å². The summed E-state index contributed by atoms with van der Waals surface area (Å²) in [6, 6.07) is 9.94. The molecule has 4 N–H and O–H groups in total. The Morgan fingerprint density at radius 2 is 1.94 bits per heavy atom. The van der Waals surface area contributed by atoms with Crippen LogP contribution in [0.4, 0.5) is 0 Å². The number of nitrogens with two attached hydrogens (primary N) is 1. The second-order valence-electron chi connectivity index (χ2n) is 3.31. The molecule has 1 aromatic carbocycles. The first kappa shape index (κ1) is 12.4. The average Bonchev–Trinajstić information content (AvgIpc) is 2.27. The number of nitrogens with one attached hydrogen (secondary N) is 2. The van der Waals surface area contributed by atoms with Gasteiger partial charge in [0, 0.05) is 19.5 Å². The number of thiocarbonyl (C=S) groups is 1. The summed E-state index contributed by atoms with van der Waals surface area (Å²) in [5.41, 5.74) is 6.16. The van der Waals surface area contributed by atoms with E-state index >= 15 is 0 Å². The quantitative estimate of drug-likeness (QED) is 0.653. The van der Waals surface area contributed by atoms with Crippen molar-refractivity contribution < 1.29 is 4.79 Å². The topological polar surface area (TPSA) is 67.2 Å². The number of hydrogen-bond acceptors (Lipinski definition) is 2. The fraction of sp³-hybridized carbons (Fsp3) is 0.273. The van der Waals surface area contributed by atoms with Crippen molar-refractivity contribution in [3.63, 3.8) is 0 Å². The molecule has 4 nitrogen and oxygen atoms in total. The number of rotatable bonds is 5. The molecular weight excluding hydrogens is 222 g/mol. The molecule has 0 aliphatic rings. The molecule has 0 radical (unpaired) electrons. The molecule has 0 aliphatic carbocycles. The maximum atomic E-state index is 10.5. The highest BCUT2D eigenvalue weighted by Crippen LogP contribution is 1.96. The van der Waals surface area contributed by atoms with Crippen molar-refractivity contribution in [2.45, 2.75) is 13.0 Å². The highest BCUT2D eigenvalue weighted by Gasteiger charge is 1.97. The lowest BCUT2D eigenvalue weighted by Gasteiger charge is -2.09. The first-order chi connectivity index (χ1) is 7.68.